The predicted molar refractivity (Wildman–Crippen MR) is 69.9 cm³/mol. The van der Waals surface area contributed by atoms with Crippen LogP contribution in [0, 0.1) is 17.8 Å². The van der Waals surface area contributed by atoms with Crippen LogP contribution in [0.5, 0.6) is 0 Å². The first-order valence-corrected chi connectivity index (χ1v) is 7.27. The molecule has 1 amide bonds. The summed E-state index contributed by atoms with van der Waals surface area (Å²) in [5.74, 6) is -4.08. The van der Waals surface area contributed by atoms with Gasteiger partial charge in [-0.15, -0.1) is 0 Å². The first kappa shape index (κ1) is 16.1. The van der Waals surface area contributed by atoms with Crippen LogP contribution in [-0.4, -0.2) is 42.2 Å². The Morgan fingerprint density at radius 3 is 2.81 bits per heavy atom. The first-order valence-electron chi connectivity index (χ1n) is 7.27. The molecule has 0 aromatic heterocycles. The van der Waals surface area contributed by atoms with Crippen LogP contribution >= 0.6 is 0 Å². The molecule has 0 radical (unpaired) electrons. The van der Waals surface area contributed by atoms with Gasteiger partial charge in [-0.25, -0.2) is 13.6 Å². The van der Waals surface area contributed by atoms with E-state index in [1.54, 1.807) is 6.92 Å². The van der Waals surface area contributed by atoms with Crippen molar-refractivity contribution in [3.8, 4) is 0 Å². The zero-order valence-electron chi connectivity index (χ0n) is 12.0. The second-order valence-electron chi connectivity index (χ2n) is 6.07. The summed E-state index contributed by atoms with van der Waals surface area (Å²) in [7, 11) is 0. The third-order valence-corrected chi connectivity index (χ3v) is 4.67. The van der Waals surface area contributed by atoms with Gasteiger partial charge in [0.25, 0.3) is 0 Å². The highest BCUT2D eigenvalue weighted by molar-refractivity contribution is 5.67. The lowest BCUT2D eigenvalue weighted by Crippen LogP contribution is -2.47. The van der Waals surface area contributed by atoms with Crippen LogP contribution in [0.1, 0.15) is 32.6 Å². The lowest BCUT2D eigenvalue weighted by molar-refractivity contribution is -0.121. The molecule has 0 saturated heterocycles. The summed E-state index contributed by atoms with van der Waals surface area (Å²) < 4.78 is 31.7. The van der Waals surface area contributed by atoms with Gasteiger partial charge in [-0.2, -0.15) is 0 Å². The molecule has 0 aliphatic heterocycles. The number of carbonyl (C=O) groups excluding carboxylic acids is 2. The van der Waals surface area contributed by atoms with Crippen molar-refractivity contribution in [2.75, 3.05) is 13.2 Å². The predicted octanol–water partition coefficient (Wildman–Crippen LogP) is 1.73. The number of alkyl halides is 2. The number of alkyl carbamates (subject to hydrolysis) is 1. The van der Waals surface area contributed by atoms with Crippen LogP contribution in [-0.2, 0) is 9.53 Å². The van der Waals surface area contributed by atoms with E-state index >= 15 is 0 Å². The third-order valence-electron chi connectivity index (χ3n) is 4.67. The van der Waals surface area contributed by atoms with E-state index in [4.69, 9.17) is 4.74 Å². The van der Waals surface area contributed by atoms with Crippen molar-refractivity contribution < 1.29 is 28.2 Å². The number of hydrogen-bond donors (Lipinski definition) is 2. The van der Waals surface area contributed by atoms with Crippen LogP contribution < -0.4 is 5.32 Å². The molecule has 21 heavy (non-hydrogen) atoms. The molecular formula is C14H21F2NO4. The summed E-state index contributed by atoms with van der Waals surface area (Å²) >= 11 is 0. The summed E-state index contributed by atoms with van der Waals surface area (Å²) in [6.45, 7) is 1.68. The van der Waals surface area contributed by atoms with Crippen molar-refractivity contribution in [3.05, 3.63) is 0 Å². The molecule has 0 bridgehead atoms. The minimum absolute atomic E-state index is 0.100. The van der Waals surface area contributed by atoms with Crippen molar-refractivity contribution in [2.24, 2.45) is 17.8 Å². The van der Waals surface area contributed by atoms with E-state index in [9.17, 15) is 23.5 Å². The molecule has 0 aromatic rings. The molecule has 5 nitrogen and oxygen atoms in total. The highest BCUT2D eigenvalue weighted by Crippen LogP contribution is 2.53. The van der Waals surface area contributed by atoms with Crippen molar-refractivity contribution >= 4 is 12.4 Å². The quantitative estimate of drug-likeness (QED) is 0.776. The van der Waals surface area contributed by atoms with E-state index in [0.717, 1.165) is 0 Å². The number of aldehydes is 1. The van der Waals surface area contributed by atoms with Crippen molar-refractivity contribution in [2.45, 2.75) is 44.1 Å². The zero-order valence-corrected chi connectivity index (χ0v) is 12.0. The van der Waals surface area contributed by atoms with Gasteiger partial charge in [0, 0.05) is 18.8 Å². The van der Waals surface area contributed by atoms with E-state index in [1.807, 2.05) is 0 Å². The molecule has 0 heterocycles. The Morgan fingerprint density at radius 2 is 2.19 bits per heavy atom. The lowest BCUT2D eigenvalue weighted by Gasteiger charge is -2.33. The smallest absolute Gasteiger partial charge is 0.407 e. The van der Waals surface area contributed by atoms with Crippen LogP contribution in [0.4, 0.5) is 13.6 Å². The maximum Gasteiger partial charge on any atom is 0.407 e. The van der Waals surface area contributed by atoms with E-state index in [0.29, 0.717) is 6.29 Å². The number of rotatable bonds is 4. The van der Waals surface area contributed by atoms with Gasteiger partial charge in [-0.1, -0.05) is 0 Å². The molecule has 7 heteroatoms. The Labute approximate surface area is 122 Å². The van der Waals surface area contributed by atoms with Crippen LogP contribution in [0.3, 0.4) is 0 Å². The molecule has 0 spiro atoms. The Morgan fingerprint density at radius 1 is 1.48 bits per heavy atom. The van der Waals surface area contributed by atoms with Gasteiger partial charge < -0.3 is 20.0 Å². The fourth-order valence-electron chi connectivity index (χ4n) is 3.76. The average molecular weight is 305 g/mol. The Bertz CT molecular complexity index is 418. The second-order valence-corrected chi connectivity index (χ2v) is 6.07. The van der Waals surface area contributed by atoms with Crippen molar-refractivity contribution in [1.82, 2.24) is 5.32 Å². The Hall–Kier alpha value is -1.24. The largest absolute Gasteiger partial charge is 0.450 e. The van der Waals surface area contributed by atoms with Gasteiger partial charge in [0.05, 0.1) is 18.8 Å². The third kappa shape index (κ3) is 3.33. The standard InChI is InChI=1S/C14H21F2NO4/c1-2-21-12(19)17-8-13(20)5-9-6-14(15,16)4-3-10(9)11(13)7-18/h7,9-11,20H,2-6,8H2,1H3,(H,17,19)/t9-,10-,11+,13?/m1/s1. The summed E-state index contributed by atoms with van der Waals surface area (Å²) in [5, 5.41) is 13.0. The number of aliphatic hydroxyl groups is 1. The number of nitrogens with one attached hydrogen (secondary N) is 1. The molecule has 1 unspecified atom stereocenters. The molecule has 2 N–H and O–H groups in total. The number of hydrogen-bond acceptors (Lipinski definition) is 4. The molecule has 2 aliphatic rings. The van der Waals surface area contributed by atoms with E-state index in [1.165, 1.54) is 0 Å². The maximum absolute atomic E-state index is 13.5. The van der Waals surface area contributed by atoms with Gasteiger partial charge in [-0.05, 0) is 31.6 Å². The Kier molecular flexibility index (Phi) is 4.51. The summed E-state index contributed by atoms with van der Waals surface area (Å²) in [5.41, 5.74) is -1.47. The monoisotopic (exact) mass is 305 g/mol. The summed E-state index contributed by atoms with van der Waals surface area (Å²) in [4.78, 5) is 22.6. The van der Waals surface area contributed by atoms with Gasteiger partial charge in [0.1, 0.15) is 6.29 Å². The number of fused-ring (bicyclic) bond motifs is 1. The average Bonchev–Trinajstić information content (AvgIpc) is 2.66. The van der Waals surface area contributed by atoms with Gasteiger partial charge >= 0.3 is 6.09 Å². The lowest BCUT2D eigenvalue weighted by atomic mass is 9.76. The van der Waals surface area contributed by atoms with Gasteiger partial charge in [0.2, 0.25) is 5.92 Å². The fraction of sp³-hybridized carbons (Fsp3) is 0.857. The summed E-state index contributed by atoms with van der Waals surface area (Å²) in [6, 6.07) is 0. The highest BCUT2D eigenvalue weighted by atomic mass is 19.3. The fourth-order valence-corrected chi connectivity index (χ4v) is 3.76. The van der Waals surface area contributed by atoms with Gasteiger partial charge in [0.15, 0.2) is 0 Å². The molecule has 2 fully saturated rings. The number of amides is 1. The van der Waals surface area contributed by atoms with Gasteiger partial charge in [-0.3, -0.25) is 0 Å². The number of ether oxygens (including phenoxy) is 1. The second kappa shape index (κ2) is 5.87. The zero-order chi connectivity index (χ0) is 15.7. The van der Waals surface area contributed by atoms with Crippen molar-refractivity contribution in [3.63, 3.8) is 0 Å². The molecule has 0 aromatic carbocycles. The molecule has 4 atom stereocenters. The van der Waals surface area contributed by atoms with E-state index in [2.05, 4.69) is 5.32 Å². The summed E-state index contributed by atoms with van der Waals surface area (Å²) in [6.07, 6.45) is -0.271. The normalized spacial score (nSPS) is 37.6. The highest BCUT2D eigenvalue weighted by Gasteiger charge is 2.57. The molecular weight excluding hydrogens is 284 g/mol. The molecule has 2 rings (SSSR count). The van der Waals surface area contributed by atoms with Crippen molar-refractivity contribution in [1.29, 1.82) is 0 Å². The number of carbonyl (C=O) groups is 2. The Balaban J connectivity index is 2.05. The van der Waals surface area contributed by atoms with E-state index < -0.39 is 29.5 Å². The van der Waals surface area contributed by atoms with Crippen LogP contribution in [0.25, 0.3) is 0 Å². The number of halogens is 2. The first-order chi connectivity index (χ1) is 9.81. The van der Waals surface area contributed by atoms with E-state index in [-0.39, 0.29) is 44.8 Å². The van der Waals surface area contributed by atoms with Crippen LogP contribution in [0.2, 0.25) is 0 Å². The minimum atomic E-state index is -2.73. The minimum Gasteiger partial charge on any atom is -0.450 e. The molecule has 2 aliphatic carbocycles. The maximum atomic E-state index is 13.5. The SMILES string of the molecule is CCOC(=O)NCC1(O)C[C@@H]2CC(F)(F)CC[C@H]2[C@@H]1C=O. The molecule has 2 saturated carbocycles. The molecule has 120 valence electrons. The van der Waals surface area contributed by atoms with Crippen LogP contribution in [0.15, 0.2) is 0 Å². The topological polar surface area (TPSA) is 75.6 Å².